The number of carbonyl (C=O) groups is 1. The Morgan fingerprint density at radius 3 is 2.48 bits per heavy atom. The number of aryl methyl sites for hydroxylation is 1. The normalized spacial score (nSPS) is 17.7. The maximum absolute atomic E-state index is 13.0. The number of ether oxygens (including phenoxy) is 2. The molecule has 0 bridgehead atoms. The summed E-state index contributed by atoms with van der Waals surface area (Å²) in [5.41, 5.74) is 2.08. The molecular formula is C22H28N2O3. The summed E-state index contributed by atoms with van der Waals surface area (Å²) < 4.78 is 12.7. The lowest BCUT2D eigenvalue weighted by atomic mass is 10.1. The van der Waals surface area contributed by atoms with Crippen LogP contribution in [-0.4, -0.2) is 36.1 Å². The second-order valence-electron chi connectivity index (χ2n) is 6.92. The van der Waals surface area contributed by atoms with E-state index in [1.807, 2.05) is 48.5 Å². The third-order valence-corrected chi connectivity index (χ3v) is 5.15. The maximum atomic E-state index is 13.0. The SMILES string of the molecule is COc1cc(/C=C/C(=O)N2CCCCC[C@H]2c2cccn2C)cc(OC)c1. The van der Waals surface area contributed by atoms with E-state index >= 15 is 0 Å². The van der Waals surface area contributed by atoms with E-state index in [1.54, 1.807) is 20.3 Å². The van der Waals surface area contributed by atoms with Crippen molar-refractivity contribution in [3.8, 4) is 11.5 Å². The van der Waals surface area contributed by atoms with Crippen molar-refractivity contribution in [1.82, 2.24) is 9.47 Å². The number of hydrogen-bond acceptors (Lipinski definition) is 3. The van der Waals surface area contributed by atoms with Crippen LogP contribution in [-0.2, 0) is 11.8 Å². The Morgan fingerprint density at radius 2 is 1.85 bits per heavy atom. The molecule has 1 fully saturated rings. The van der Waals surface area contributed by atoms with Crippen molar-refractivity contribution < 1.29 is 14.3 Å². The van der Waals surface area contributed by atoms with Gasteiger partial charge in [-0.3, -0.25) is 4.79 Å². The van der Waals surface area contributed by atoms with E-state index in [2.05, 4.69) is 10.6 Å². The van der Waals surface area contributed by atoms with E-state index in [-0.39, 0.29) is 11.9 Å². The number of aromatic nitrogens is 1. The van der Waals surface area contributed by atoms with E-state index in [9.17, 15) is 4.79 Å². The summed E-state index contributed by atoms with van der Waals surface area (Å²) in [4.78, 5) is 15.0. The van der Waals surface area contributed by atoms with Crippen molar-refractivity contribution >= 4 is 12.0 Å². The van der Waals surface area contributed by atoms with Gasteiger partial charge in [0.2, 0.25) is 5.91 Å². The van der Waals surface area contributed by atoms with Crippen molar-refractivity contribution in [2.75, 3.05) is 20.8 Å². The number of hydrogen-bond donors (Lipinski definition) is 0. The fourth-order valence-corrected chi connectivity index (χ4v) is 3.69. The van der Waals surface area contributed by atoms with Gasteiger partial charge in [0.25, 0.3) is 0 Å². The highest BCUT2D eigenvalue weighted by Gasteiger charge is 2.26. The first-order chi connectivity index (χ1) is 13.1. The summed E-state index contributed by atoms with van der Waals surface area (Å²) in [6, 6.07) is 9.89. The topological polar surface area (TPSA) is 43.7 Å². The maximum Gasteiger partial charge on any atom is 0.247 e. The highest BCUT2D eigenvalue weighted by atomic mass is 16.5. The van der Waals surface area contributed by atoms with E-state index in [0.717, 1.165) is 31.4 Å². The first-order valence-electron chi connectivity index (χ1n) is 9.45. The van der Waals surface area contributed by atoms with Gasteiger partial charge in [-0.15, -0.1) is 0 Å². The monoisotopic (exact) mass is 368 g/mol. The number of rotatable bonds is 5. The van der Waals surface area contributed by atoms with Crippen molar-refractivity contribution in [2.45, 2.75) is 31.7 Å². The zero-order valence-electron chi connectivity index (χ0n) is 16.4. The minimum atomic E-state index is 0.0462. The number of likely N-dealkylation sites (tertiary alicyclic amines) is 1. The molecule has 3 rings (SSSR count). The number of carbonyl (C=O) groups excluding carboxylic acids is 1. The summed E-state index contributed by atoms with van der Waals surface area (Å²) in [5.74, 6) is 1.46. The minimum Gasteiger partial charge on any atom is -0.497 e. The molecule has 0 aliphatic carbocycles. The summed E-state index contributed by atoms with van der Waals surface area (Å²) in [6.07, 6.45) is 9.91. The van der Waals surface area contributed by atoms with Crippen molar-refractivity contribution in [2.24, 2.45) is 7.05 Å². The Hall–Kier alpha value is -2.69. The van der Waals surface area contributed by atoms with Crippen LogP contribution in [0.25, 0.3) is 6.08 Å². The molecule has 2 heterocycles. The average Bonchev–Trinajstić information content (AvgIpc) is 2.97. The van der Waals surface area contributed by atoms with Crippen LogP contribution in [0.4, 0.5) is 0 Å². The molecule has 1 aromatic carbocycles. The predicted octanol–water partition coefficient (Wildman–Crippen LogP) is 4.20. The summed E-state index contributed by atoms with van der Waals surface area (Å²) in [7, 11) is 5.28. The zero-order chi connectivity index (χ0) is 19.2. The molecule has 1 aliphatic heterocycles. The van der Waals surface area contributed by atoms with Crippen molar-refractivity contribution in [1.29, 1.82) is 0 Å². The van der Waals surface area contributed by atoms with Gasteiger partial charge in [0, 0.05) is 37.6 Å². The van der Waals surface area contributed by atoms with E-state index in [1.165, 1.54) is 12.1 Å². The molecule has 5 nitrogen and oxygen atoms in total. The Labute approximate surface area is 161 Å². The third-order valence-electron chi connectivity index (χ3n) is 5.15. The molecule has 0 N–H and O–H groups in total. The van der Waals surface area contributed by atoms with Crippen LogP contribution in [0.5, 0.6) is 11.5 Å². The number of benzene rings is 1. The van der Waals surface area contributed by atoms with Gasteiger partial charge in [0.15, 0.2) is 0 Å². The van der Waals surface area contributed by atoms with Crippen LogP contribution in [0, 0.1) is 0 Å². The number of nitrogens with zero attached hydrogens (tertiary/aromatic N) is 2. The lowest BCUT2D eigenvalue weighted by Crippen LogP contribution is -2.34. The molecular weight excluding hydrogens is 340 g/mol. The third kappa shape index (κ3) is 4.54. The van der Waals surface area contributed by atoms with E-state index in [0.29, 0.717) is 11.5 Å². The largest absolute Gasteiger partial charge is 0.497 e. The molecule has 1 saturated heterocycles. The number of amides is 1. The highest BCUT2D eigenvalue weighted by molar-refractivity contribution is 5.92. The van der Waals surface area contributed by atoms with Crippen LogP contribution < -0.4 is 9.47 Å². The van der Waals surface area contributed by atoms with Crippen molar-refractivity contribution in [3.63, 3.8) is 0 Å². The second kappa shape index (κ2) is 8.80. The van der Waals surface area contributed by atoms with E-state index in [4.69, 9.17) is 9.47 Å². The fraction of sp³-hybridized carbons (Fsp3) is 0.409. The van der Waals surface area contributed by atoms with Gasteiger partial charge in [-0.25, -0.2) is 0 Å². The number of methoxy groups -OCH3 is 2. The highest BCUT2D eigenvalue weighted by Crippen LogP contribution is 2.30. The van der Waals surface area contributed by atoms with Gasteiger partial charge in [-0.1, -0.05) is 12.8 Å². The van der Waals surface area contributed by atoms with Crippen LogP contribution in [0.2, 0.25) is 0 Å². The van der Waals surface area contributed by atoms with Gasteiger partial charge < -0.3 is 18.9 Å². The van der Waals surface area contributed by atoms with Crippen molar-refractivity contribution in [3.05, 3.63) is 53.9 Å². The molecule has 0 unspecified atom stereocenters. The molecule has 1 atom stereocenters. The molecule has 5 heteroatoms. The molecule has 1 amide bonds. The molecule has 1 aliphatic rings. The quantitative estimate of drug-likeness (QED) is 0.743. The molecule has 0 spiro atoms. The molecule has 0 saturated carbocycles. The van der Waals surface area contributed by atoms with Crippen LogP contribution in [0.15, 0.2) is 42.6 Å². The second-order valence-corrected chi connectivity index (χ2v) is 6.92. The Bertz CT molecular complexity index is 787. The van der Waals surface area contributed by atoms with Gasteiger partial charge >= 0.3 is 0 Å². The molecule has 1 aromatic heterocycles. The summed E-state index contributed by atoms with van der Waals surface area (Å²) in [6.45, 7) is 0.792. The lowest BCUT2D eigenvalue weighted by molar-refractivity contribution is -0.128. The first kappa shape index (κ1) is 19.1. The zero-order valence-corrected chi connectivity index (χ0v) is 16.4. The van der Waals surface area contributed by atoms with Crippen LogP contribution >= 0.6 is 0 Å². The standard InChI is InChI=1S/C22H28N2O3/c1-23-12-7-9-20(23)21-8-5-4-6-13-24(21)22(25)11-10-17-14-18(26-2)16-19(15-17)27-3/h7,9-12,14-16,21H,4-6,8,13H2,1-3H3/b11-10+/t21-/m0/s1. The van der Waals surface area contributed by atoms with Gasteiger partial charge in [0.05, 0.1) is 20.3 Å². The Kier molecular flexibility index (Phi) is 6.22. The molecule has 0 radical (unpaired) electrons. The Balaban J connectivity index is 1.82. The predicted molar refractivity (Wildman–Crippen MR) is 107 cm³/mol. The van der Waals surface area contributed by atoms with Gasteiger partial charge in [0.1, 0.15) is 11.5 Å². The molecule has 2 aromatic rings. The Morgan fingerprint density at radius 1 is 1.11 bits per heavy atom. The van der Waals surface area contributed by atoms with E-state index < -0.39 is 0 Å². The fourth-order valence-electron chi connectivity index (χ4n) is 3.69. The smallest absolute Gasteiger partial charge is 0.247 e. The summed E-state index contributed by atoms with van der Waals surface area (Å²) >= 11 is 0. The van der Waals surface area contributed by atoms with Gasteiger partial charge in [-0.2, -0.15) is 0 Å². The average molecular weight is 368 g/mol. The van der Waals surface area contributed by atoms with Crippen LogP contribution in [0.1, 0.15) is 43.0 Å². The van der Waals surface area contributed by atoms with Gasteiger partial charge in [-0.05, 0) is 48.7 Å². The lowest BCUT2D eigenvalue weighted by Gasteiger charge is -2.29. The minimum absolute atomic E-state index is 0.0462. The van der Waals surface area contributed by atoms with Crippen LogP contribution in [0.3, 0.4) is 0 Å². The molecule has 144 valence electrons. The molecule has 27 heavy (non-hydrogen) atoms. The first-order valence-corrected chi connectivity index (χ1v) is 9.45. The summed E-state index contributed by atoms with van der Waals surface area (Å²) in [5, 5.41) is 0.